The molecule has 0 saturated heterocycles. The highest BCUT2D eigenvalue weighted by Crippen LogP contribution is 2.59. The van der Waals surface area contributed by atoms with Gasteiger partial charge in [-0.05, 0) is 98.1 Å². The van der Waals surface area contributed by atoms with Gasteiger partial charge < -0.3 is 20.4 Å². The highest BCUT2D eigenvalue weighted by molar-refractivity contribution is 7.21. The summed E-state index contributed by atoms with van der Waals surface area (Å²) in [5.74, 6) is -0.104. The van der Waals surface area contributed by atoms with E-state index in [0.29, 0.717) is 55.6 Å². The van der Waals surface area contributed by atoms with E-state index in [1.54, 1.807) is 0 Å². The lowest BCUT2D eigenvalue weighted by molar-refractivity contribution is -0.0907. The fourth-order valence-corrected chi connectivity index (χ4v) is 9.19. The molecule has 0 amide bonds. The molecule has 2 bridgehead atoms. The van der Waals surface area contributed by atoms with Crippen LogP contribution in [0.5, 0.6) is 0 Å². The minimum atomic E-state index is -1.12. The summed E-state index contributed by atoms with van der Waals surface area (Å²) in [4.78, 5) is 17.3. The molecular weight excluding hydrogens is 619 g/mol. The van der Waals surface area contributed by atoms with E-state index >= 15 is 0 Å². The number of fused-ring (bicyclic) bond motifs is 9. The third-order valence-corrected chi connectivity index (χ3v) is 12.1. The zero-order valence-corrected chi connectivity index (χ0v) is 29.0. The van der Waals surface area contributed by atoms with Gasteiger partial charge in [-0.3, -0.25) is 9.69 Å². The van der Waals surface area contributed by atoms with Crippen LogP contribution in [-0.2, 0) is 13.0 Å². The van der Waals surface area contributed by atoms with Crippen molar-refractivity contribution in [3.05, 3.63) is 118 Å². The Balaban J connectivity index is 1.42. The number of benzene rings is 3. The van der Waals surface area contributed by atoms with E-state index in [2.05, 4.69) is 37.0 Å². The average Bonchev–Trinajstić information content (AvgIpc) is 3.62. The van der Waals surface area contributed by atoms with Crippen molar-refractivity contribution in [3.8, 4) is 0 Å². The van der Waals surface area contributed by atoms with Crippen molar-refractivity contribution in [2.45, 2.75) is 89.1 Å². The molecule has 1 fully saturated rings. The summed E-state index contributed by atoms with van der Waals surface area (Å²) in [5, 5.41) is 45.2. The summed E-state index contributed by atoms with van der Waals surface area (Å²) < 4.78 is 1.07. The van der Waals surface area contributed by atoms with Gasteiger partial charge in [0.05, 0.1) is 29.3 Å². The van der Waals surface area contributed by atoms with Crippen molar-refractivity contribution in [3.63, 3.8) is 0 Å². The number of ketones is 1. The minimum absolute atomic E-state index is 0.0139. The Bertz CT molecular complexity index is 1720. The lowest BCUT2D eigenvalue weighted by Gasteiger charge is -2.46. The molecule has 6 nitrogen and oxygen atoms in total. The quantitative estimate of drug-likeness (QED) is 0.113. The van der Waals surface area contributed by atoms with Gasteiger partial charge in [-0.1, -0.05) is 79.2 Å². The number of hydrogen-bond acceptors (Lipinski definition) is 7. The zero-order valence-electron chi connectivity index (χ0n) is 28.1. The van der Waals surface area contributed by atoms with Crippen LogP contribution in [0.4, 0.5) is 0 Å². The van der Waals surface area contributed by atoms with Gasteiger partial charge in [0, 0.05) is 35.3 Å². The van der Waals surface area contributed by atoms with Gasteiger partial charge in [0.25, 0.3) is 0 Å². The lowest BCUT2D eigenvalue weighted by atomic mass is 9.64. The minimum Gasteiger partial charge on any atom is -0.394 e. The van der Waals surface area contributed by atoms with Crippen LogP contribution in [0.1, 0.15) is 90.2 Å². The second-order valence-electron chi connectivity index (χ2n) is 14.4. The molecule has 1 aromatic heterocycles. The molecule has 3 aromatic carbocycles. The molecule has 0 unspecified atom stereocenters. The summed E-state index contributed by atoms with van der Waals surface area (Å²) in [5.41, 5.74) is 3.15. The smallest absolute Gasteiger partial charge is 0.203 e. The predicted molar refractivity (Wildman–Crippen MR) is 193 cm³/mol. The molecule has 0 spiro atoms. The van der Waals surface area contributed by atoms with E-state index in [9.17, 15) is 25.2 Å². The van der Waals surface area contributed by atoms with Crippen LogP contribution in [0.2, 0.25) is 0 Å². The van der Waals surface area contributed by atoms with E-state index in [1.165, 1.54) is 16.9 Å². The Kier molecular flexibility index (Phi) is 10.7. The highest BCUT2D eigenvalue weighted by Gasteiger charge is 2.57. The Morgan fingerprint density at radius 3 is 2.56 bits per heavy atom. The van der Waals surface area contributed by atoms with Gasteiger partial charge in [0.2, 0.25) is 5.78 Å². The number of aliphatic hydroxyl groups excluding tert-OH is 3. The molecule has 4 N–H and O–H groups in total. The van der Waals surface area contributed by atoms with E-state index in [0.717, 1.165) is 39.6 Å². The summed E-state index contributed by atoms with van der Waals surface area (Å²) in [7, 11) is 0. The van der Waals surface area contributed by atoms with Gasteiger partial charge in [0.1, 0.15) is 0 Å². The number of hydrogen-bond donors (Lipinski definition) is 4. The first-order valence-corrected chi connectivity index (χ1v) is 18.2. The van der Waals surface area contributed by atoms with Crippen molar-refractivity contribution < 1.29 is 25.2 Å². The number of carbonyl (C=O) groups excluding carboxylic acids is 1. The van der Waals surface area contributed by atoms with Crippen LogP contribution in [-0.4, -0.2) is 68.6 Å². The van der Waals surface area contributed by atoms with E-state index in [-0.39, 0.29) is 24.9 Å². The Hall–Kier alpha value is -3.17. The molecule has 4 aromatic rings. The highest BCUT2D eigenvalue weighted by atomic mass is 32.1. The molecule has 5 atom stereocenters. The summed E-state index contributed by atoms with van der Waals surface area (Å²) in [6, 6.07) is 26.2. The van der Waals surface area contributed by atoms with Crippen molar-refractivity contribution in [1.29, 1.82) is 0 Å². The van der Waals surface area contributed by atoms with Crippen LogP contribution in [0, 0.1) is 5.41 Å². The molecule has 254 valence electrons. The number of aliphatic hydroxyl groups is 4. The average molecular weight is 668 g/mol. The van der Waals surface area contributed by atoms with Crippen molar-refractivity contribution in [1.82, 2.24) is 4.90 Å². The summed E-state index contributed by atoms with van der Waals surface area (Å²) in [6.45, 7) is 5.06. The first-order valence-electron chi connectivity index (χ1n) is 17.4. The standard InChI is InChI=1S/C41H49NO5S/c1-28-9-8-19-40(2)36(18-20-41(40,47)27-42(25-33(45)26-43)24-29-10-4-3-5-11-29)34-17-15-30(21-32(44)16-14-28)22-35(34)39(46)38-23-31-12-6-7-13-37(31)48-38/h3-7,9-13,15,17,22-23,32-33,36,43-45,47H,8,14,16,18-21,24-27H2,1-2H3/t32-,33-,36-,40-,41+/m0/s1. The maximum absolute atomic E-state index is 14.5. The molecule has 3 aliphatic rings. The number of carbonyl (C=O) groups is 1. The van der Waals surface area contributed by atoms with E-state index < -0.39 is 23.2 Å². The van der Waals surface area contributed by atoms with E-state index in [4.69, 9.17) is 0 Å². The van der Waals surface area contributed by atoms with Crippen molar-refractivity contribution in [2.24, 2.45) is 5.41 Å². The Morgan fingerprint density at radius 2 is 1.79 bits per heavy atom. The first kappa shape index (κ1) is 34.7. The SMILES string of the molecule is CC1=CCC[C@@]2(C)[C@@H](CC[C@@]2(O)CN(Cc2ccccc2)C[C@H](O)CO)c2ccc(cc2C(=O)c2cc3ccccc3s2)C[C@@H](O)CC1. The molecular formula is C41H49NO5S. The number of rotatable bonds is 9. The van der Waals surface area contributed by atoms with Crippen molar-refractivity contribution in [2.75, 3.05) is 19.7 Å². The van der Waals surface area contributed by atoms with Crippen LogP contribution >= 0.6 is 11.3 Å². The molecule has 7 heteroatoms. The lowest BCUT2D eigenvalue weighted by Crippen LogP contribution is -2.53. The predicted octanol–water partition coefficient (Wildman–Crippen LogP) is 7.03. The second kappa shape index (κ2) is 14.8. The fraction of sp³-hybridized carbons (Fsp3) is 0.439. The second-order valence-corrected chi connectivity index (χ2v) is 15.5. The van der Waals surface area contributed by atoms with E-state index in [1.807, 2.05) is 66.7 Å². The maximum Gasteiger partial charge on any atom is 0.203 e. The van der Waals surface area contributed by atoms with Gasteiger partial charge in [-0.15, -0.1) is 11.3 Å². The maximum atomic E-state index is 14.5. The molecule has 1 saturated carbocycles. The third kappa shape index (κ3) is 7.37. The van der Waals surface area contributed by atoms with Crippen molar-refractivity contribution >= 4 is 27.2 Å². The summed E-state index contributed by atoms with van der Waals surface area (Å²) in [6.07, 6.45) is 5.50. The fourth-order valence-electron chi connectivity index (χ4n) is 8.18. The summed E-state index contributed by atoms with van der Waals surface area (Å²) >= 11 is 1.51. The molecule has 48 heavy (non-hydrogen) atoms. The van der Waals surface area contributed by atoms with Crippen LogP contribution in [0.25, 0.3) is 10.1 Å². The normalized spacial score (nSPS) is 25.5. The van der Waals surface area contributed by atoms with Crippen LogP contribution in [0.15, 0.2) is 90.5 Å². The van der Waals surface area contributed by atoms with Gasteiger partial charge in [0.15, 0.2) is 0 Å². The Morgan fingerprint density at radius 1 is 1.02 bits per heavy atom. The van der Waals surface area contributed by atoms with Gasteiger partial charge in [-0.2, -0.15) is 0 Å². The molecule has 0 aliphatic heterocycles. The third-order valence-electron chi connectivity index (χ3n) is 11.0. The van der Waals surface area contributed by atoms with Gasteiger partial charge >= 0.3 is 0 Å². The molecule has 3 aliphatic carbocycles. The molecule has 7 rings (SSSR count). The van der Waals surface area contributed by atoms with Gasteiger partial charge in [-0.25, -0.2) is 0 Å². The van der Waals surface area contributed by atoms with Crippen LogP contribution in [0.3, 0.4) is 0 Å². The van der Waals surface area contributed by atoms with Crippen LogP contribution < -0.4 is 0 Å². The topological polar surface area (TPSA) is 101 Å². The number of thiophene rings is 1. The zero-order chi connectivity index (χ0) is 33.9. The number of allylic oxidation sites excluding steroid dienone is 2. The first-order chi connectivity index (χ1) is 23.1. The monoisotopic (exact) mass is 667 g/mol. The number of nitrogens with zero attached hydrogens (tertiary/aromatic N) is 1. The molecule has 1 heterocycles. The largest absolute Gasteiger partial charge is 0.394 e. The Labute approximate surface area is 288 Å². The molecule has 0 radical (unpaired) electrons.